The fourth-order valence-corrected chi connectivity index (χ4v) is 5.23. The molecule has 1 aliphatic rings. The van der Waals surface area contributed by atoms with Gasteiger partial charge < -0.3 is 24.6 Å². The molecule has 1 fully saturated rings. The maximum absolute atomic E-state index is 15.2. The van der Waals surface area contributed by atoms with Gasteiger partial charge in [-0.1, -0.05) is 0 Å². The van der Waals surface area contributed by atoms with Gasteiger partial charge in [0.25, 0.3) is 5.91 Å². The first-order valence-corrected chi connectivity index (χ1v) is 13.1. The van der Waals surface area contributed by atoms with Crippen LogP contribution in [0, 0.1) is 18.6 Å². The number of anilines is 2. The smallest absolute Gasteiger partial charge is 0.497 e. The Morgan fingerprint density at radius 2 is 1.72 bits per heavy atom. The third kappa shape index (κ3) is 6.87. The number of hydrogen-bond donors (Lipinski definition) is 1. The van der Waals surface area contributed by atoms with E-state index >= 15 is 8.78 Å². The number of alkyl halides is 3. The summed E-state index contributed by atoms with van der Waals surface area (Å²) >= 11 is 0. The molecule has 43 heavy (non-hydrogen) atoms. The van der Waals surface area contributed by atoms with Crippen LogP contribution in [0.2, 0.25) is 0 Å². The van der Waals surface area contributed by atoms with E-state index in [1.807, 2.05) is 11.8 Å². The highest BCUT2D eigenvalue weighted by Crippen LogP contribution is 2.31. The molecule has 0 unspecified atom stereocenters. The van der Waals surface area contributed by atoms with Crippen molar-refractivity contribution in [1.82, 2.24) is 14.9 Å². The molecule has 4 aromatic rings. The number of aryl methyl sites for hydroxylation is 1. The van der Waals surface area contributed by atoms with Crippen LogP contribution in [0.4, 0.5) is 33.3 Å². The van der Waals surface area contributed by atoms with E-state index in [9.17, 15) is 18.0 Å². The first-order valence-electron chi connectivity index (χ1n) is 13.1. The summed E-state index contributed by atoms with van der Waals surface area (Å²) in [4.78, 5) is 16.6. The van der Waals surface area contributed by atoms with Crippen molar-refractivity contribution in [3.05, 3.63) is 83.2 Å². The van der Waals surface area contributed by atoms with Crippen molar-refractivity contribution in [2.75, 3.05) is 36.5 Å². The molecule has 1 atom stereocenters. The third-order valence-electron chi connectivity index (χ3n) is 7.12. The molecular weight excluding hydrogens is 597 g/mol. The summed E-state index contributed by atoms with van der Waals surface area (Å²) in [5, 5.41) is 7.04. The Morgan fingerprint density at radius 1 is 1.05 bits per heavy atom. The number of halogens is 6. The van der Waals surface area contributed by atoms with Gasteiger partial charge >= 0.3 is 6.36 Å². The number of nitrogens with zero attached hydrogens (tertiary/aromatic N) is 4. The van der Waals surface area contributed by atoms with Gasteiger partial charge in [0, 0.05) is 50.2 Å². The van der Waals surface area contributed by atoms with E-state index < -0.39 is 23.9 Å². The van der Waals surface area contributed by atoms with Crippen molar-refractivity contribution in [1.29, 1.82) is 0 Å². The van der Waals surface area contributed by atoms with E-state index in [-0.39, 0.29) is 55.1 Å². The number of aromatic nitrogens is 2. The van der Waals surface area contributed by atoms with Crippen molar-refractivity contribution < 1.29 is 36.2 Å². The molecule has 2 aromatic heterocycles. The van der Waals surface area contributed by atoms with Crippen molar-refractivity contribution in [2.45, 2.75) is 32.8 Å². The van der Waals surface area contributed by atoms with Gasteiger partial charge in [0.15, 0.2) is 0 Å². The number of carbonyl (C=O) groups is 1. The van der Waals surface area contributed by atoms with Crippen LogP contribution in [0.3, 0.4) is 0 Å². The average Bonchev–Trinajstić information content (AvgIpc) is 3.26. The summed E-state index contributed by atoms with van der Waals surface area (Å²) < 4.78 is 78.5. The number of rotatable bonds is 7. The Bertz CT molecular complexity index is 1590. The Hall–Kier alpha value is -4.26. The van der Waals surface area contributed by atoms with E-state index in [1.54, 1.807) is 34.7 Å². The quantitative estimate of drug-likeness (QED) is 0.258. The molecule has 1 N–H and O–H groups in total. The largest absolute Gasteiger partial charge is 0.573 e. The lowest BCUT2D eigenvalue weighted by molar-refractivity contribution is -0.274. The number of hydrogen-bond acceptors (Lipinski definition) is 6. The molecule has 5 rings (SSSR count). The Morgan fingerprint density at radius 3 is 2.33 bits per heavy atom. The summed E-state index contributed by atoms with van der Waals surface area (Å²) in [6, 6.07) is 11.1. The summed E-state index contributed by atoms with van der Waals surface area (Å²) in [6.45, 7) is 4.41. The van der Waals surface area contributed by atoms with Crippen LogP contribution in [0.1, 0.15) is 28.5 Å². The minimum Gasteiger partial charge on any atom is -0.497 e. The first kappa shape index (κ1) is 31.7. The van der Waals surface area contributed by atoms with Gasteiger partial charge in [0.05, 0.1) is 23.9 Å². The summed E-state index contributed by atoms with van der Waals surface area (Å²) in [5.74, 6) is -1.73. The zero-order valence-electron chi connectivity index (χ0n) is 23.4. The highest BCUT2D eigenvalue weighted by molar-refractivity contribution is 6.02. The van der Waals surface area contributed by atoms with Gasteiger partial charge in [-0.2, -0.15) is 5.10 Å². The minimum atomic E-state index is -4.78. The summed E-state index contributed by atoms with van der Waals surface area (Å²) in [6.07, 6.45) is -3.11. The summed E-state index contributed by atoms with van der Waals surface area (Å²) in [5.41, 5.74) is 2.12. The molecule has 0 radical (unpaired) electrons. The normalized spacial score (nSPS) is 15.3. The van der Waals surface area contributed by atoms with Gasteiger partial charge in [-0.15, -0.1) is 25.6 Å². The number of pyridine rings is 1. The van der Waals surface area contributed by atoms with E-state index in [4.69, 9.17) is 4.74 Å². The molecule has 3 heterocycles. The second-order valence-electron chi connectivity index (χ2n) is 9.98. The third-order valence-corrected chi connectivity index (χ3v) is 7.12. The number of amides is 1. The first-order chi connectivity index (χ1) is 19.9. The van der Waals surface area contributed by atoms with Gasteiger partial charge in [0.1, 0.15) is 28.8 Å². The topological polar surface area (TPSA) is 71.3 Å². The average molecular weight is 626 g/mol. The van der Waals surface area contributed by atoms with Crippen molar-refractivity contribution in [2.24, 2.45) is 0 Å². The minimum absolute atomic E-state index is 0. The predicted octanol–water partition coefficient (Wildman–Crippen LogP) is 5.90. The molecule has 0 saturated carbocycles. The zero-order valence-corrected chi connectivity index (χ0v) is 24.2. The SMILES string of the molecule is COc1ccn2nc(C)c(C(=O)NCc3cc(F)c(N4CCN(c5ccc(OC(F)(F)F)cc5)[C@@H](C)C4)c(F)c3)c2c1.Cl. The van der Waals surface area contributed by atoms with Crippen LogP contribution < -0.4 is 24.6 Å². The van der Waals surface area contributed by atoms with Gasteiger partial charge in [-0.05, 0) is 61.9 Å². The second kappa shape index (κ2) is 12.5. The number of piperazine rings is 1. The zero-order chi connectivity index (χ0) is 30.2. The summed E-state index contributed by atoms with van der Waals surface area (Å²) in [7, 11) is 1.51. The fourth-order valence-electron chi connectivity index (χ4n) is 5.23. The van der Waals surface area contributed by atoms with Crippen LogP contribution in [0.25, 0.3) is 5.52 Å². The van der Waals surface area contributed by atoms with Gasteiger partial charge in [-0.25, -0.2) is 13.3 Å². The molecule has 0 aliphatic carbocycles. The number of methoxy groups -OCH3 is 1. The molecular formula is C29H29ClF5N5O3. The standard InChI is InChI=1S/C29H28F5N5O3.ClH/c1-17-16-37(10-11-38(17)20-4-6-21(7-5-20)42-29(32,33)34)27-23(30)12-19(13-24(27)31)15-35-28(40)26-18(2)36-39-9-8-22(41-3)14-25(26)39;/h4-9,12-14,17H,10-11,15-16H2,1-3H3,(H,35,40);1H/t17-;/m0./s1. The lowest BCUT2D eigenvalue weighted by Gasteiger charge is -2.42. The van der Waals surface area contributed by atoms with Crippen LogP contribution in [-0.2, 0) is 6.54 Å². The van der Waals surface area contributed by atoms with Crippen molar-refractivity contribution in [3.8, 4) is 11.5 Å². The van der Waals surface area contributed by atoms with Crippen LogP contribution in [0.15, 0.2) is 54.7 Å². The van der Waals surface area contributed by atoms with Gasteiger partial charge in [-0.3, -0.25) is 4.79 Å². The number of benzene rings is 2. The molecule has 0 bridgehead atoms. The second-order valence-corrected chi connectivity index (χ2v) is 9.98. The molecule has 0 spiro atoms. The Labute approximate surface area is 250 Å². The van der Waals surface area contributed by atoms with Crippen LogP contribution in [0.5, 0.6) is 11.5 Å². The van der Waals surface area contributed by atoms with Crippen LogP contribution >= 0.6 is 12.4 Å². The molecule has 8 nitrogen and oxygen atoms in total. The predicted molar refractivity (Wildman–Crippen MR) is 153 cm³/mol. The van der Waals surface area contributed by atoms with E-state index in [1.165, 1.54) is 43.5 Å². The fraction of sp³-hybridized carbons (Fsp3) is 0.310. The van der Waals surface area contributed by atoms with E-state index in [0.29, 0.717) is 34.8 Å². The maximum atomic E-state index is 15.2. The van der Waals surface area contributed by atoms with Gasteiger partial charge in [0.2, 0.25) is 0 Å². The molecule has 1 aliphatic heterocycles. The monoisotopic (exact) mass is 625 g/mol. The lowest BCUT2D eigenvalue weighted by Crippen LogP contribution is -2.52. The molecule has 1 amide bonds. The number of fused-ring (bicyclic) bond motifs is 1. The van der Waals surface area contributed by atoms with Crippen molar-refractivity contribution >= 4 is 35.2 Å². The molecule has 2 aromatic carbocycles. The molecule has 1 saturated heterocycles. The number of ether oxygens (including phenoxy) is 2. The van der Waals surface area contributed by atoms with Crippen LogP contribution in [-0.4, -0.2) is 54.7 Å². The number of nitrogens with one attached hydrogen (secondary N) is 1. The number of carbonyl (C=O) groups excluding carboxylic acids is 1. The molecule has 230 valence electrons. The van der Waals surface area contributed by atoms with Crippen molar-refractivity contribution in [3.63, 3.8) is 0 Å². The lowest BCUT2D eigenvalue weighted by atomic mass is 10.1. The Balaban J connectivity index is 0.00000423. The van der Waals surface area contributed by atoms with E-state index in [0.717, 1.165) is 0 Å². The highest BCUT2D eigenvalue weighted by atomic mass is 35.5. The molecule has 14 heteroatoms. The highest BCUT2D eigenvalue weighted by Gasteiger charge is 2.32. The maximum Gasteiger partial charge on any atom is 0.573 e. The Kier molecular flexibility index (Phi) is 9.24. The van der Waals surface area contributed by atoms with E-state index in [2.05, 4.69) is 15.2 Å².